The molecule has 0 aromatic rings. The van der Waals surface area contributed by atoms with Crippen LogP contribution in [0.5, 0.6) is 0 Å². The Hall–Kier alpha value is -1.03. The maximum atomic E-state index is 12.3. The molecule has 0 bridgehead atoms. The number of unbranched alkanes of at least 4 members (excludes halogenated alkanes) is 2. The van der Waals surface area contributed by atoms with Crippen molar-refractivity contribution in [2.45, 2.75) is 78.4 Å². The van der Waals surface area contributed by atoms with E-state index in [4.69, 9.17) is 4.74 Å². The number of carbonyl (C=O) groups is 1. The zero-order valence-corrected chi connectivity index (χ0v) is 16.6. The average Bonchev–Trinajstić information content (AvgIpc) is 2.45. The number of aliphatic hydroxyl groups is 1. The summed E-state index contributed by atoms with van der Waals surface area (Å²) in [6, 6.07) is 0. The van der Waals surface area contributed by atoms with Gasteiger partial charge >= 0.3 is 5.97 Å². The number of hydrogen-bond acceptors (Lipinski definition) is 3. The Morgan fingerprint density at radius 1 is 1.26 bits per heavy atom. The maximum absolute atomic E-state index is 12.3. The maximum Gasteiger partial charge on any atom is 0.337 e. The summed E-state index contributed by atoms with van der Waals surface area (Å²) in [5.41, 5.74) is 4.25. The van der Waals surface area contributed by atoms with Gasteiger partial charge in [0.05, 0.1) is 20.3 Å². The van der Waals surface area contributed by atoms with Crippen molar-refractivity contribution in [1.82, 2.24) is 0 Å². The lowest BCUT2D eigenvalue weighted by Crippen LogP contribution is -2.24. The van der Waals surface area contributed by atoms with Crippen LogP contribution in [-0.4, -0.2) is 25.8 Å². The van der Waals surface area contributed by atoms with Gasteiger partial charge in [-0.15, -0.1) is 0 Å². The number of hydrogen-bond donors (Lipinski definition) is 1. The largest absolute Gasteiger partial charge is 0.512 e. The molecule has 1 unspecified atom stereocenters. The smallest absolute Gasteiger partial charge is 0.337 e. The predicted molar refractivity (Wildman–Crippen MR) is 99.2 cm³/mol. The van der Waals surface area contributed by atoms with E-state index in [1.54, 1.807) is 0 Å². The van der Waals surface area contributed by atoms with E-state index in [9.17, 15) is 9.90 Å². The number of aliphatic hydroxyl groups excluding tert-OH is 1. The lowest BCUT2D eigenvalue weighted by molar-refractivity contribution is -0.139. The molecule has 0 aromatic carbocycles. The first-order valence-corrected chi connectivity index (χ1v) is 12.7. The molecule has 0 saturated heterocycles. The van der Waals surface area contributed by atoms with Gasteiger partial charge in [-0.2, -0.15) is 0 Å². The number of rotatable bonds is 8. The third kappa shape index (κ3) is 6.94. The van der Waals surface area contributed by atoms with Crippen LogP contribution in [0.4, 0.5) is 0 Å². The quantitative estimate of drug-likeness (QED) is 0.359. The molecule has 0 heterocycles. The SMILES string of the molecule is CCCCOC(=O)C1=C(O)CC(CCCC)/C(=C\[Si](C)(C)C)C1. The molecule has 1 rings (SSSR count). The molecular formula is C19H34O3Si. The molecule has 0 radical (unpaired) electrons. The Bertz CT molecular complexity index is 458. The lowest BCUT2D eigenvalue weighted by atomic mass is 9.81. The van der Waals surface area contributed by atoms with Crippen LogP contribution in [0.25, 0.3) is 0 Å². The van der Waals surface area contributed by atoms with E-state index in [0.29, 0.717) is 30.9 Å². The van der Waals surface area contributed by atoms with Crippen molar-refractivity contribution in [3.8, 4) is 0 Å². The van der Waals surface area contributed by atoms with Crippen molar-refractivity contribution < 1.29 is 14.6 Å². The topological polar surface area (TPSA) is 46.5 Å². The van der Waals surface area contributed by atoms with Gasteiger partial charge in [0, 0.05) is 12.8 Å². The number of ether oxygens (including phenoxy) is 1. The Kier molecular flexibility index (Phi) is 8.10. The first-order valence-electron chi connectivity index (χ1n) is 9.08. The Morgan fingerprint density at radius 3 is 2.48 bits per heavy atom. The van der Waals surface area contributed by atoms with Crippen molar-refractivity contribution in [3.63, 3.8) is 0 Å². The molecule has 23 heavy (non-hydrogen) atoms. The Balaban J connectivity index is 2.92. The fourth-order valence-electron chi connectivity index (χ4n) is 2.99. The van der Waals surface area contributed by atoms with Gasteiger partial charge in [0.25, 0.3) is 0 Å². The van der Waals surface area contributed by atoms with Crippen LogP contribution < -0.4 is 0 Å². The second-order valence-electron chi connectivity index (χ2n) is 7.72. The third-order valence-electron chi connectivity index (χ3n) is 4.20. The summed E-state index contributed by atoms with van der Waals surface area (Å²) in [4.78, 5) is 12.3. The summed E-state index contributed by atoms with van der Waals surface area (Å²) in [7, 11) is -1.36. The third-order valence-corrected chi connectivity index (χ3v) is 5.43. The van der Waals surface area contributed by atoms with E-state index < -0.39 is 8.07 Å². The lowest BCUT2D eigenvalue weighted by Gasteiger charge is -2.29. The van der Waals surface area contributed by atoms with Crippen LogP contribution >= 0.6 is 0 Å². The number of esters is 1. The van der Waals surface area contributed by atoms with Crippen LogP contribution in [0.3, 0.4) is 0 Å². The minimum Gasteiger partial charge on any atom is -0.512 e. The first-order chi connectivity index (χ1) is 10.8. The van der Waals surface area contributed by atoms with Crippen LogP contribution in [0.1, 0.15) is 58.8 Å². The van der Waals surface area contributed by atoms with Crippen LogP contribution in [-0.2, 0) is 9.53 Å². The second kappa shape index (κ2) is 9.31. The average molecular weight is 339 g/mol. The molecule has 4 heteroatoms. The number of allylic oxidation sites excluding steroid dienone is 2. The van der Waals surface area contributed by atoms with Gasteiger partial charge < -0.3 is 9.84 Å². The molecule has 0 fully saturated rings. The van der Waals surface area contributed by atoms with Crippen LogP contribution in [0.2, 0.25) is 19.6 Å². The molecule has 0 amide bonds. The first kappa shape index (κ1) is 20.0. The molecular weight excluding hydrogens is 304 g/mol. The highest BCUT2D eigenvalue weighted by atomic mass is 28.3. The zero-order valence-electron chi connectivity index (χ0n) is 15.6. The van der Waals surface area contributed by atoms with Gasteiger partial charge in [0.15, 0.2) is 0 Å². The van der Waals surface area contributed by atoms with E-state index in [2.05, 4.69) is 39.2 Å². The Labute approximate surface area is 142 Å². The van der Waals surface area contributed by atoms with Crippen molar-refractivity contribution in [2.24, 2.45) is 5.92 Å². The van der Waals surface area contributed by atoms with E-state index in [0.717, 1.165) is 32.1 Å². The van der Waals surface area contributed by atoms with Crippen molar-refractivity contribution in [2.75, 3.05) is 6.61 Å². The highest BCUT2D eigenvalue weighted by molar-refractivity contribution is 6.81. The molecule has 1 aliphatic carbocycles. The van der Waals surface area contributed by atoms with Crippen molar-refractivity contribution in [3.05, 3.63) is 22.6 Å². The molecule has 0 saturated carbocycles. The zero-order chi connectivity index (χ0) is 17.5. The molecule has 1 atom stereocenters. The second-order valence-corrected chi connectivity index (χ2v) is 12.7. The minimum atomic E-state index is -1.36. The summed E-state index contributed by atoms with van der Waals surface area (Å²) in [6.07, 6.45) is 6.44. The summed E-state index contributed by atoms with van der Waals surface area (Å²) >= 11 is 0. The summed E-state index contributed by atoms with van der Waals surface area (Å²) < 4.78 is 5.31. The van der Waals surface area contributed by atoms with Gasteiger partial charge in [-0.05, 0) is 18.8 Å². The normalized spacial score (nSPS) is 20.9. The van der Waals surface area contributed by atoms with E-state index in [1.807, 2.05) is 0 Å². The molecule has 3 nitrogen and oxygen atoms in total. The molecule has 1 N–H and O–H groups in total. The van der Waals surface area contributed by atoms with Crippen LogP contribution in [0.15, 0.2) is 22.6 Å². The molecule has 0 aromatic heterocycles. The van der Waals surface area contributed by atoms with Gasteiger partial charge in [-0.1, -0.05) is 64.0 Å². The van der Waals surface area contributed by atoms with Gasteiger partial charge in [0.1, 0.15) is 5.76 Å². The van der Waals surface area contributed by atoms with Crippen molar-refractivity contribution >= 4 is 14.0 Å². The van der Waals surface area contributed by atoms with Gasteiger partial charge in [0.2, 0.25) is 0 Å². The Morgan fingerprint density at radius 2 is 1.91 bits per heavy atom. The van der Waals surface area contributed by atoms with E-state index in [-0.39, 0.29) is 11.7 Å². The monoisotopic (exact) mass is 338 g/mol. The molecule has 132 valence electrons. The summed E-state index contributed by atoms with van der Waals surface area (Å²) in [5, 5.41) is 10.3. The molecule has 0 spiro atoms. The van der Waals surface area contributed by atoms with Gasteiger partial charge in [-0.3, -0.25) is 0 Å². The summed E-state index contributed by atoms with van der Waals surface area (Å²) in [5.74, 6) is 0.306. The van der Waals surface area contributed by atoms with E-state index in [1.165, 1.54) is 5.57 Å². The van der Waals surface area contributed by atoms with Crippen molar-refractivity contribution in [1.29, 1.82) is 0 Å². The predicted octanol–water partition coefficient (Wildman–Crippen LogP) is 5.55. The summed E-state index contributed by atoms with van der Waals surface area (Å²) in [6.45, 7) is 11.6. The molecule has 0 aliphatic heterocycles. The standard InChI is InChI=1S/C19H34O3Si/c1-6-8-10-15-13-18(20)17(19(21)22-11-9-7-2)12-16(15)14-23(3,4)5/h14-15,20H,6-13H2,1-5H3/b16-14-. The van der Waals surface area contributed by atoms with Gasteiger partial charge in [-0.25, -0.2) is 4.79 Å². The number of carbonyl (C=O) groups excluding carboxylic acids is 1. The van der Waals surface area contributed by atoms with Crippen LogP contribution in [0, 0.1) is 5.92 Å². The van der Waals surface area contributed by atoms with E-state index >= 15 is 0 Å². The fourth-order valence-corrected chi connectivity index (χ4v) is 4.44. The minimum absolute atomic E-state index is 0.250. The highest BCUT2D eigenvalue weighted by Gasteiger charge is 2.30. The highest BCUT2D eigenvalue weighted by Crippen LogP contribution is 2.37. The molecule has 1 aliphatic rings. The fraction of sp³-hybridized carbons (Fsp3) is 0.737.